The highest BCUT2D eigenvalue weighted by Crippen LogP contribution is 2.25. The standard InChI is InChI=1S/C20H24N6O2/c1-12-4-5-13(2)16(10-12)11-26-19-17(23-24-26)20(28)22-18(21-19)15-6-8-25(9-7-15)14(3)27/h4-5,10,15H,6-9,11H2,1-3H3,(H,21,22,28). The van der Waals surface area contributed by atoms with E-state index in [4.69, 9.17) is 4.98 Å². The molecule has 1 amide bonds. The minimum absolute atomic E-state index is 0.0890. The molecular weight excluding hydrogens is 356 g/mol. The number of nitrogens with one attached hydrogen (secondary N) is 1. The van der Waals surface area contributed by atoms with E-state index in [1.54, 1.807) is 11.6 Å². The number of rotatable bonds is 3. The third-order valence-electron chi connectivity index (χ3n) is 5.54. The maximum Gasteiger partial charge on any atom is 0.281 e. The maximum atomic E-state index is 12.5. The minimum atomic E-state index is -0.263. The Morgan fingerprint density at radius 2 is 2.00 bits per heavy atom. The zero-order valence-corrected chi connectivity index (χ0v) is 16.4. The lowest BCUT2D eigenvalue weighted by Crippen LogP contribution is -2.37. The monoisotopic (exact) mass is 380 g/mol. The van der Waals surface area contributed by atoms with E-state index in [1.807, 2.05) is 4.90 Å². The van der Waals surface area contributed by atoms with Crippen LogP contribution >= 0.6 is 0 Å². The lowest BCUT2D eigenvalue weighted by molar-refractivity contribution is -0.129. The first-order valence-corrected chi connectivity index (χ1v) is 9.57. The summed E-state index contributed by atoms with van der Waals surface area (Å²) >= 11 is 0. The second-order valence-electron chi connectivity index (χ2n) is 7.58. The Labute approximate surface area is 162 Å². The van der Waals surface area contributed by atoms with Crippen molar-refractivity contribution in [1.82, 2.24) is 29.9 Å². The molecule has 3 heterocycles. The Morgan fingerprint density at radius 1 is 1.25 bits per heavy atom. The van der Waals surface area contributed by atoms with E-state index in [-0.39, 0.29) is 22.9 Å². The van der Waals surface area contributed by atoms with E-state index >= 15 is 0 Å². The summed E-state index contributed by atoms with van der Waals surface area (Å²) in [5.74, 6) is 0.869. The summed E-state index contributed by atoms with van der Waals surface area (Å²) in [4.78, 5) is 33.5. The molecule has 1 aliphatic rings. The van der Waals surface area contributed by atoms with Crippen LogP contribution in [0.2, 0.25) is 0 Å². The number of carbonyl (C=O) groups is 1. The predicted octanol–water partition coefficient (Wildman–Crippen LogP) is 1.91. The summed E-state index contributed by atoms with van der Waals surface area (Å²) in [6.45, 7) is 7.58. The van der Waals surface area contributed by atoms with Gasteiger partial charge in [0.25, 0.3) is 5.56 Å². The molecule has 0 unspecified atom stereocenters. The fourth-order valence-electron chi connectivity index (χ4n) is 3.78. The number of benzene rings is 1. The number of piperidine rings is 1. The molecule has 3 aromatic rings. The molecule has 0 spiro atoms. The second kappa shape index (κ2) is 7.18. The van der Waals surface area contributed by atoms with Gasteiger partial charge < -0.3 is 9.88 Å². The number of H-pyrrole nitrogens is 1. The highest BCUT2D eigenvalue weighted by molar-refractivity contribution is 5.73. The summed E-state index contributed by atoms with van der Waals surface area (Å²) in [5.41, 5.74) is 3.97. The number of fused-ring (bicyclic) bond motifs is 1. The number of amides is 1. The first-order valence-electron chi connectivity index (χ1n) is 9.57. The predicted molar refractivity (Wildman–Crippen MR) is 105 cm³/mol. The van der Waals surface area contributed by atoms with Crippen LogP contribution in [0.25, 0.3) is 11.2 Å². The number of aromatic nitrogens is 5. The molecule has 0 saturated carbocycles. The van der Waals surface area contributed by atoms with E-state index in [1.165, 1.54) is 5.56 Å². The van der Waals surface area contributed by atoms with Gasteiger partial charge in [0.15, 0.2) is 11.2 Å². The van der Waals surface area contributed by atoms with Crippen molar-refractivity contribution in [1.29, 1.82) is 0 Å². The highest BCUT2D eigenvalue weighted by atomic mass is 16.2. The van der Waals surface area contributed by atoms with Gasteiger partial charge in [0.05, 0.1) is 6.54 Å². The van der Waals surface area contributed by atoms with Gasteiger partial charge in [-0.05, 0) is 37.8 Å². The highest BCUT2D eigenvalue weighted by Gasteiger charge is 2.25. The molecule has 1 fully saturated rings. The topological polar surface area (TPSA) is 96.8 Å². The number of aryl methyl sites for hydroxylation is 2. The van der Waals surface area contributed by atoms with Gasteiger partial charge in [-0.1, -0.05) is 29.0 Å². The molecule has 0 atom stereocenters. The number of likely N-dealkylation sites (tertiary alicyclic amines) is 1. The molecule has 8 nitrogen and oxygen atoms in total. The fraction of sp³-hybridized carbons (Fsp3) is 0.450. The van der Waals surface area contributed by atoms with E-state index in [0.29, 0.717) is 31.1 Å². The molecule has 2 aromatic heterocycles. The van der Waals surface area contributed by atoms with Crippen LogP contribution in [0.5, 0.6) is 0 Å². The van der Waals surface area contributed by atoms with E-state index in [9.17, 15) is 9.59 Å². The van der Waals surface area contributed by atoms with Crippen LogP contribution in [-0.2, 0) is 11.3 Å². The normalized spacial score (nSPS) is 15.3. The zero-order chi connectivity index (χ0) is 19.8. The van der Waals surface area contributed by atoms with Gasteiger partial charge >= 0.3 is 0 Å². The maximum absolute atomic E-state index is 12.5. The van der Waals surface area contributed by atoms with Crippen molar-refractivity contribution >= 4 is 17.1 Å². The SMILES string of the molecule is CC(=O)N1CCC(c2nc3c(nnn3Cc3cc(C)ccc3C)c(=O)[nH]2)CC1. The van der Waals surface area contributed by atoms with E-state index in [2.05, 4.69) is 47.3 Å². The molecule has 1 aliphatic heterocycles. The Balaban J connectivity index is 1.66. The Morgan fingerprint density at radius 3 is 2.71 bits per heavy atom. The van der Waals surface area contributed by atoms with Gasteiger partial charge in [0.1, 0.15) is 5.82 Å². The van der Waals surface area contributed by atoms with Crippen molar-refractivity contribution in [3.63, 3.8) is 0 Å². The summed E-state index contributed by atoms with van der Waals surface area (Å²) in [5, 5.41) is 8.22. The van der Waals surface area contributed by atoms with Crippen LogP contribution < -0.4 is 5.56 Å². The molecule has 1 saturated heterocycles. The average Bonchev–Trinajstić information content (AvgIpc) is 3.08. The molecule has 1 N–H and O–H groups in total. The van der Waals surface area contributed by atoms with Crippen LogP contribution in [0.15, 0.2) is 23.0 Å². The Hall–Kier alpha value is -3.03. The number of aromatic amines is 1. The smallest absolute Gasteiger partial charge is 0.281 e. The second-order valence-corrected chi connectivity index (χ2v) is 7.58. The molecular formula is C20H24N6O2. The molecule has 0 bridgehead atoms. The van der Waals surface area contributed by atoms with Gasteiger partial charge in [-0.3, -0.25) is 9.59 Å². The summed E-state index contributed by atoms with van der Waals surface area (Å²) in [6, 6.07) is 6.28. The Kier molecular flexibility index (Phi) is 4.70. The summed E-state index contributed by atoms with van der Waals surface area (Å²) in [6.07, 6.45) is 1.57. The van der Waals surface area contributed by atoms with Crippen molar-refractivity contribution in [3.8, 4) is 0 Å². The number of hydrogen-bond donors (Lipinski definition) is 1. The number of nitrogens with zero attached hydrogens (tertiary/aromatic N) is 5. The molecule has 4 rings (SSSR count). The van der Waals surface area contributed by atoms with Crippen molar-refractivity contribution in [3.05, 3.63) is 51.1 Å². The van der Waals surface area contributed by atoms with Gasteiger partial charge in [-0.2, -0.15) is 0 Å². The zero-order valence-electron chi connectivity index (χ0n) is 16.4. The van der Waals surface area contributed by atoms with Crippen LogP contribution in [0.3, 0.4) is 0 Å². The molecule has 0 aliphatic carbocycles. The molecule has 146 valence electrons. The van der Waals surface area contributed by atoms with Crippen LogP contribution in [0.1, 0.15) is 48.2 Å². The first-order chi connectivity index (χ1) is 13.4. The lowest BCUT2D eigenvalue weighted by atomic mass is 9.96. The van der Waals surface area contributed by atoms with E-state index in [0.717, 1.165) is 24.0 Å². The lowest BCUT2D eigenvalue weighted by Gasteiger charge is -2.30. The number of hydrogen-bond acceptors (Lipinski definition) is 5. The van der Waals surface area contributed by atoms with Crippen molar-refractivity contribution in [2.24, 2.45) is 0 Å². The summed E-state index contributed by atoms with van der Waals surface area (Å²) < 4.78 is 1.69. The molecule has 8 heteroatoms. The van der Waals surface area contributed by atoms with Crippen molar-refractivity contribution in [2.45, 2.75) is 46.1 Å². The van der Waals surface area contributed by atoms with Gasteiger partial charge in [0.2, 0.25) is 5.91 Å². The average molecular weight is 380 g/mol. The largest absolute Gasteiger partial charge is 0.343 e. The minimum Gasteiger partial charge on any atom is -0.343 e. The molecule has 0 radical (unpaired) electrons. The third kappa shape index (κ3) is 3.42. The number of carbonyl (C=O) groups excluding carboxylic acids is 1. The van der Waals surface area contributed by atoms with Crippen LogP contribution in [0.4, 0.5) is 0 Å². The van der Waals surface area contributed by atoms with Crippen LogP contribution in [0, 0.1) is 13.8 Å². The quantitative estimate of drug-likeness (QED) is 0.749. The molecule has 28 heavy (non-hydrogen) atoms. The van der Waals surface area contributed by atoms with Gasteiger partial charge in [0, 0.05) is 25.9 Å². The van der Waals surface area contributed by atoms with Crippen molar-refractivity contribution in [2.75, 3.05) is 13.1 Å². The van der Waals surface area contributed by atoms with Crippen molar-refractivity contribution < 1.29 is 4.79 Å². The fourth-order valence-corrected chi connectivity index (χ4v) is 3.78. The summed E-state index contributed by atoms with van der Waals surface area (Å²) in [7, 11) is 0. The molecule has 1 aromatic carbocycles. The van der Waals surface area contributed by atoms with Gasteiger partial charge in [-0.15, -0.1) is 5.10 Å². The van der Waals surface area contributed by atoms with Crippen LogP contribution in [-0.4, -0.2) is 48.9 Å². The first kappa shape index (κ1) is 18.3. The Bertz CT molecular complexity index is 1090. The third-order valence-corrected chi connectivity index (χ3v) is 5.54. The van der Waals surface area contributed by atoms with E-state index < -0.39 is 0 Å². The van der Waals surface area contributed by atoms with Gasteiger partial charge in [-0.25, -0.2) is 9.67 Å².